The molecule has 5 heteroatoms. The van der Waals surface area contributed by atoms with Gasteiger partial charge in [0.25, 0.3) is 0 Å². The lowest BCUT2D eigenvalue weighted by Crippen LogP contribution is -2.14. The lowest BCUT2D eigenvalue weighted by Gasteiger charge is -2.08. The van der Waals surface area contributed by atoms with Crippen molar-refractivity contribution in [2.45, 2.75) is 19.9 Å². The van der Waals surface area contributed by atoms with E-state index in [1.54, 1.807) is 24.3 Å². The molecule has 2 aromatic rings. The molecule has 1 heterocycles. The van der Waals surface area contributed by atoms with Gasteiger partial charge in [0, 0.05) is 17.6 Å². The van der Waals surface area contributed by atoms with Crippen LogP contribution in [-0.4, -0.2) is 11.5 Å². The summed E-state index contributed by atoms with van der Waals surface area (Å²) in [7, 11) is 0. The molecule has 0 bridgehead atoms. The van der Waals surface area contributed by atoms with Crippen molar-refractivity contribution in [2.75, 3.05) is 6.54 Å². The first-order valence-corrected chi connectivity index (χ1v) is 7.24. The largest absolute Gasteiger partial charge is 0.437 e. The first-order chi connectivity index (χ1) is 9.69. The van der Waals surface area contributed by atoms with Crippen molar-refractivity contribution in [3.05, 3.63) is 52.1 Å². The van der Waals surface area contributed by atoms with Gasteiger partial charge < -0.3 is 10.1 Å². The molecule has 0 aliphatic rings. The quantitative estimate of drug-likeness (QED) is 0.787. The number of hydrogen-bond donors (Lipinski definition) is 1. The maximum atomic E-state index is 6.07. The van der Waals surface area contributed by atoms with E-state index >= 15 is 0 Å². The lowest BCUT2D eigenvalue weighted by atomic mass is 10.3. The van der Waals surface area contributed by atoms with Crippen molar-refractivity contribution in [3.63, 3.8) is 0 Å². The average Bonchev–Trinajstić information content (AvgIpc) is 2.43. The number of benzene rings is 1. The van der Waals surface area contributed by atoms with Crippen LogP contribution in [-0.2, 0) is 6.54 Å². The molecule has 0 aliphatic carbocycles. The van der Waals surface area contributed by atoms with Crippen molar-refractivity contribution in [1.29, 1.82) is 0 Å². The Bertz CT molecular complexity index is 576. The van der Waals surface area contributed by atoms with Crippen LogP contribution in [0.5, 0.6) is 11.6 Å². The predicted octanol–water partition coefficient (Wildman–Crippen LogP) is 4.68. The molecule has 0 radical (unpaired) electrons. The molecule has 0 saturated heterocycles. The third-order valence-corrected chi connectivity index (χ3v) is 3.15. The Morgan fingerprint density at radius 3 is 2.80 bits per heavy atom. The molecule has 0 amide bonds. The Labute approximate surface area is 128 Å². The minimum atomic E-state index is 0.466. The van der Waals surface area contributed by atoms with E-state index in [0.29, 0.717) is 21.7 Å². The number of rotatable bonds is 6. The first-order valence-electron chi connectivity index (χ1n) is 6.48. The van der Waals surface area contributed by atoms with Crippen molar-refractivity contribution >= 4 is 23.2 Å². The van der Waals surface area contributed by atoms with Gasteiger partial charge in [-0.3, -0.25) is 0 Å². The molecule has 106 valence electrons. The molecule has 0 spiro atoms. The number of halogens is 2. The zero-order chi connectivity index (χ0) is 14.4. The second kappa shape index (κ2) is 7.48. The highest BCUT2D eigenvalue weighted by Gasteiger charge is 2.05. The summed E-state index contributed by atoms with van der Waals surface area (Å²) in [6.45, 7) is 3.82. The Morgan fingerprint density at radius 2 is 2.05 bits per heavy atom. The maximum Gasteiger partial charge on any atom is 0.219 e. The second-order valence-corrected chi connectivity index (χ2v) is 5.16. The van der Waals surface area contributed by atoms with E-state index in [0.717, 1.165) is 25.2 Å². The van der Waals surface area contributed by atoms with E-state index in [1.807, 2.05) is 12.1 Å². The molecule has 0 saturated carbocycles. The fourth-order valence-corrected chi connectivity index (χ4v) is 2.12. The van der Waals surface area contributed by atoms with Crippen LogP contribution in [0.3, 0.4) is 0 Å². The topological polar surface area (TPSA) is 34.1 Å². The number of nitrogens with one attached hydrogen (secondary N) is 1. The van der Waals surface area contributed by atoms with Gasteiger partial charge in [0.05, 0.1) is 10.7 Å². The van der Waals surface area contributed by atoms with Gasteiger partial charge in [0.15, 0.2) is 0 Å². The van der Waals surface area contributed by atoms with Crippen LogP contribution in [0.15, 0.2) is 36.4 Å². The Kier molecular flexibility index (Phi) is 5.65. The molecule has 0 atom stereocenters. The summed E-state index contributed by atoms with van der Waals surface area (Å²) in [4.78, 5) is 4.43. The normalized spacial score (nSPS) is 10.6. The minimum Gasteiger partial charge on any atom is -0.437 e. The van der Waals surface area contributed by atoms with Crippen LogP contribution in [0.25, 0.3) is 0 Å². The number of ether oxygens (including phenoxy) is 1. The third kappa shape index (κ3) is 4.37. The highest BCUT2D eigenvalue weighted by molar-refractivity contribution is 6.35. The second-order valence-electron chi connectivity index (χ2n) is 4.32. The number of hydrogen-bond acceptors (Lipinski definition) is 3. The smallest absolute Gasteiger partial charge is 0.219 e. The van der Waals surface area contributed by atoms with Gasteiger partial charge in [-0.1, -0.05) is 36.2 Å². The van der Waals surface area contributed by atoms with Gasteiger partial charge in [-0.15, -0.1) is 0 Å². The first kappa shape index (κ1) is 15.1. The van der Waals surface area contributed by atoms with Crippen LogP contribution in [0, 0.1) is 0 Å². The molecule has 1 N–H and O–H groups in total. The van der Waals surface area contributed by atoms with E-state index < -0.39 is 0 Å². The maximum absolute atomic E-state index is 6.07. The molecule has 0 aliphatic heterocycles. The fraction of sp³-hybridized carbons (Fsp3) is 0.267. The van der Waals surface area contributed by atoms with E-state index in [1.165, 1.54) is 0 Å². The molecule has 0 fully saturated rings. The van der Waals surface area contributed by atoms with Gasteiger partial charge in [-0.05, 0) is 37.2 Å². The fourth-order valence-electron chi connectivity index (χ4n) is 1.68. The van der Waals surface area contributed by atoms with E-state index in [4.69, 9.17) is 27.9 Å². The molecule has 1 aromatic heterocycles. The molecular formula is C15H16Cl2N2O. The van der Waals surface area contributed by atoms with Crippen molar-refractivity contribution in [1.82, 2.24) is 10.3 Å². The Morgan fingerprint density at radius 1 is 1.20 bits per heavy atom. The van der Waals surface area contributed by atoms with Crippen LogP contribution in [0.1, 0.15) is 19.0 Å². The third-order valence-electron chi connectivity index (χ3n) is 2.62. The summed E-state index contributed by atoms with van der Waals surface area (Å²) in [6, 6.07) is 10.8. The SMILES string of the molecule is CCCNCc1cccc(Oc2ccc(Cl)cc2Cl)n1. The van der Waals surface area contributed by atoms with E-state index in [2.05, 4.69) is 17.2 Å². The van der Waals surface area contributed by atoms with E-state index in [9.17, 15) is 0 Å². The zero-order valence-corrected chi connectivity index (χ0v) is 12.7. The molecule has 0 unspecified atom stereocenters. The van der Waals surface area contributed by atoms with Gasteiger partial charge in [-0.25, -0.2) is 4.98 Å². The van der Waals surface area contributed by atoms with Crippen LogP contribution < -0.4 is 10.1 Å². The number of aromatic nitrogens is 1. The van der Waals surface area contributed by atoms with Gasteiger partial charge in [-0.2, -0.15) is 0 Å². The van der Waals surface area contributed by atoms with Crippen LogP contribution >= 0.6 is 23.2 Å². The van der Waals surface area contributed by atoms with Crippen molar-refractivity contribution in [2.24, 2.45) is 0 Å². The molecule has 20 heavy (non-hydrogen) atoms. The zero-order valence-electron chi connectivity index (χ0n) is 11.2. The van der Waals surface area contributed by atoms with E-state index in [-0.39, 0.29) is 0 Å². The summed E-state index contributed by atoms with van der Waals surface area (Å²) in [5.74, 6) is 1.06. The highest BCUT2D eigenvalue weighted by Crippen LogP contribution is 2.30. The lowest BCUT2D eigenvalue weighted by molar-refractivity contribution is 0.459. The Balaban J connectivity index is 2.07. The van der Waals surface area contributed by atoms with Crippen molar-refractivity contribution in [3.8, 4) is 11.6 Å². The van der Waals surface area contributed by atoms with Gasteiger partial charge >= 0.3 is 0 Å². The minimum absolute atomic E-state index is 0.466. The summed E-state index contributed by atoms with van der Waals surface area (Å²) in [6.07, 6.45) is 1.09. The van der Waals surface area contributed by atoms with Crippen LogP contribution in [0.2, 0.25) is 10.0 Å². The number of pyridine rings is 1. The predicted molar refractivity (Wildman–Crippen MR) is 82.8 cm³/mol. The Hall–Kier alpha value is -1.29. The molecule has 2 rings (SSSR count). The summed E-state index contributed by atoms with van der Waals surface area (Å²) < 4.78 is 5.68. The highest BCUT2D eigenvalue weighted by atomic mass is 35.5. The summed E-state index contributed by atoms with van der Waals surface area (Å²) in [5, 5.41) is 4.34. The molecule has 1 aromatic carbocycles. The standard InChI is InChI=1S/C15H16Cl2N2O/c1-2-8-18-10-12-4-3-5-15(19-12)20-14-7-6-11(16)9-13(14)17/h3-7,9,18H,2,8,10H2,1H3. The average molecular weight is 311 g/mol. The number of nitrogens with zero attached hydrogens (tertiary/aromatic N) is 1. The monoisotopic (exact) mass is 310 g/mol. The molecule has 3 nitrogen and oxygen atoms in total. The van der Waals surface area contributed by atoms with Crippen molar-refractivity contribution < 1.29 is 4.74 Å². The van der Waals surface area contributed by atoms with Gasteiger partial charge in [0.1, 0.15) is 5.75 Å². The summed E-state index contributed by atoms with van der Waals surface area (Å²) in [5.41, 5.74) is 0.932. The van der Waals surface area contributed by atoms with Gasteiger partial charge in [0.2, 0.25) is 5.88 Å². The summed E-state index contributed by atoms with van der Waals surface area (Å²) >= 11 is 11.9. The molecular weight excluding hydrogens is 295 g/mol. The van der Waals surface area contributed by atoms with Crippen LogP contribution in [0.4, 0.5) is 0 Å².